The lowest BCUT2D eigenvalue weighted by atomic mass is 10.1. The molecule has 0 radical (unpaired) electrons. The van der Waals surface area contributed by atoms with E-state index in [0.717, 1.165) is 42.4 Å². The van der Waals surface area contributed by atoms with Crippen LogP contribution in [0.1, 0.15) is 30.1 Å². The number of hydrogen-bond acceptors (Lipinski definition) is 5. The molecule has 3 rings (SSSR count). The lowest BCUT2D eigenvalue weighted by Gasteiger charge is -2.33. The highest BCUT2D eigenvalue weighted by molar-refractivity contribution is 5.41. The van der Waals surface area contributed by atoms with Crippen molar-refractivity contribution in [1.82, 2.24) is 19.7 Å². The molecular formula is C15H21N5O. The zero-order chi connectivity index (χ0) is 14.8. The molecule has 0 aliphatic carbocycles. The number of morpholine rings is 1. The second-order valence-corrected chi connectivity index (χ2v) is 5.37. The molecule has 1 atom stereocenters. The summed E-state index contributed by atoms with van der Waals surface area (Å²) >= 11 is 0. The van der Waals surface area contributed by atoms with Crippen molar-refractivity contribution in [2.75, 3.05) is 24.6 Å². The Hall–Kier alpha value is -1.95. The molecule has 1 fully saturated rings. The van der Waals surface area contributed by atoms with Gasteiger partial charge in [-0.15, -0.1) is 0 Å². The van der Waals surface area contributed by atoms with Crippen LogP contribution in [0.25, 0.3) is 0 Å². The minimum Gasteiger partial charge on any atom is -0.370 e. The predicted octanol–water partition coefficient (Wildman–Crippen LogP) is 1.66. The first-order valence-electron chi connectivity index (χ1n) is 7.35. The largest absolute Gasteiger partial charge is 0.370 e. The van der Waals surface area contributed by atoms with Crippen LogP contribution in [-0.2, 0) is 18.2 Å². The van der Waals surface area contributed by atoms with Gasteiger partial charge < -0.3 is 9.64 Å². The molecule has 1 aliphatic rings. The van der Waals surface area contributed by atoms with E-state index in [-0.39, 0.29) is 6.10 Å². The van der Waals surface area contributed by atoms with Crippen molar-refractivity contribution in [1.29, 1.82) is 0 Å². The van der Waals surface area contributed by atoms with E-state index in [1.807, 2.05) is 31.0 Å². The summed E-state index contributed by atoms with van der Waals surface area (Å²) in [6.07, 6.45) is 4.85. The Morgan fingerprint density at radius 3 is 2.95 bits per heavy atom. The van der Waals surface area contributed by atoms with Gasteiger partial charge in [-0.3, -0.25) is 4.68 Å². The molecule has 1 aliphatic heterocycles. The maximum Gasteiger partial charge on any atom is 0.132 e. The molecule has 112 valence electrons. The summed E-state index contributed by atoms with van der Waals surface area (Å²) in [6.45, 7) is 6.41. The molecule has 2 aromatic heterocycles. The second kappa shape index (κ2) is 5.81. The van der Waals surface area contributed by atoms with E-state index in [1.54, 1.807) is 0 Å². The maximum atomic E-state index is 5.88. The third kappa shape index (κ3) is 3.05. The van der Waals surface area contributed by atoms with Crippen LogP contribution in [0.2, 0.25) is 0 Å². The molecule has 1 unspecified atom stereocenters. The van der Waals surface area contributed by atoms with Gasteiger partial charge in [-0.05, 0) is 13.3 Å². The van der Waals surface area contributed by atoms with Crippen molar-refractivity contribution in [3.8, 4) is 0 Å². The van der Waals surface area contributed by atoms with Crippen molar-refractivity contribution in [3.05, 3.63) is 35.5 Å². The first-order valence-corrected chi connectivity index (χ1v) is 7.35. The van der Waals surface area contributed by atoms with E-state index in [0.29, 0.717) is 6.61 Å². The van der Waals surface area contributed by atoms with Crippen LogP contribution >= 0.6 is 0 Å². The zero-order valence-electron chi connectivity index (χ0n) is 12.8. The van der Waals surface area contributed by atoms with Gasteiger partial charge in [-0.1, -0.05) is 6.92 Å². The van der Waals surface area contributed by atoms with Crippen molar-refractivity contribution in [3.63, 3.8) is 0 Å². The Balaban J connectivity index is 1.81. The van der Waals surface area contributed by atoms with E-state index in [2.05, 4.69) is 33.0 Å². The van der Waals surface area contributed by atoms with Crippen LogP contribution in [0.15, 0.2) is 18.5 Å². The molecule has 6 nitrogen and oxygen atoms in total. The number of anilines is 1. The summed E-state index contributed by atoms with van der Waals surface area (Å²) in [7, 11) is 1.92. The third-order valence-corrected chi connectivity index (χ3v) is 3.73. The third-order valence-electron chi connectivity index (χ3n) is 3.73. The van der Waals surface area contributed by atoms with E-state index < -0.39 is 0 Å². The number of aromatic nitrogens is 4. The lowest BCUT2D eigenvalue weighted by Crippen LogP contribution is -2.39. The molecule has 2 aromatic rings. The summed E-state index contributed by atoms with van der Waals surface area (Å²) in [5.74, 6) is 1.82. The Morgan fingerprint density at radius 2 is 2.24 bits per heavy atom. The monoisotopic (exact) mass is 287 g/mol. The maximum absolute atomic E-state index is 5.88. The number of nitrogens with zero attached hydrogens (tertiary/aromatic N) is 5. The number of rotatable bonds is 3. The van der Waals surface area contributed by atoms with Crippen molar-refractivity contribution in [2.45, 2.75) is 26.4 Å². The summed E-state index contributed by atoms with van der Waals surface area (Å²) in [4.78, 5) is 11.3. The summed E-state index contributed by atoms with van der Waals surface area (Å²) in [6, 6.07) is 2.08. The standard InChI is InChI=1S/C15H21N5O/c1-4-13-7-15(18-11(2)17-13)20-5-6-21-14(10-20)12-8-16-19(3)9-12/h7-9,14H,4-6,10H2,1-3H3. The fourth-order valence-corrected chi connectivity index (χ4v) is 2.62. The van der Waals surface area contributed by atoms with Crippen molar-refractivity contribution in [2.24, 2.45) is 7.05 Å². The smallest absolute Gasteiger partial charge is 0.132 e. The van der Waals surface area contributed by atoms with E-state index in [4.69, 9.17) is 4.74 Å². The van der Waals surface area contributed by atoms with Gasteiger partial charge in [-0.25, -0.2) is 9.97 Å². The van der Waals surface area contributed by atoms with E-state index >= 15 is 0 Å². The minimum absolute atomic E-state index is 0.0489. The average molecular weight is 287 g/mol. The fraction of sp³-hybridized carbons (Fsp3) is 0.533. The van der Waals surface area contributed by atoms with Crippen LogP contribution in [0.3, 0.4) is 0 Å². The molecule has 3 heterocycles. The summed E-state index contributed by atoms with van der Waals surface area (Å²) in [5.41, 5.74) is 2.20. The molecular weight excluding hydrogens is 266 g/mol. The number of aryl methyl sites for hydroxylation is 3. The molecule has 0 amide bonds. The van der Waals surface area contributed by atoms with Crippen LogP contribution in [0.4, 0.5) is 5.82 Å². The Bertz CT molecular complexity index is 624. The molecule has 21 heavy (non-hydrogen) atoms. The molecule has 0 aromatic carbocycles. The summed E-state index contributed by atoms with van der Waals surface area (Å²) < 4.78 is 7.68. The van der Waals surface area contributed by atoms with Gasteiger partial charge in [0.2, 0.25) is 0 Å². The lowest BCUT2D eigenvalue weighted by molar-refractivity contribution is 0.0394. The highest BCUT2D eigenvalue weighted by Gasteiger charge is 2.24. The number of ether oxygens (including phenoxy) is 1. The molecule has 0 N–H and O–H groups in total. The second-order valence-electron chi connectivity index (χ2n) is 5.37. The van der Waals surface area contributed by atoms with Gasteiger partial charge in [0.05, 0.1) is 12.8 Å². The predicted molar refractivity (Wildman–Crippen MR) is 80.3 cm³/mol. The van der Waals surface area contributed by atoms with Crippen LogP contribution in [-0.4, -0.2) is 39.4 Å². The average Bonchev–Trinajstić information content (AvgIpc) is 2.93. The van der Waals surface area contributed by atoms with Gasteiger partial charge in [0, 0.05) is 43.7 Å². The number of hydrogen-bond donors (Lipinski definition) is 0. The van der Waals surface area contributed by atoms with E-state index in [1.165, 1.54) is 0 Å². The molecule has 6 heteroatoms. The van der Waals surface area contributed by atoms with Crippen LogP contribution in [0.5, 0.6) is 0 Å². The molecule has 0 bridgehead atoms. The van der Waals surface area contributed by atoms with Gasteiger partial charge in [-0.2, -0.15) is 5.10 Å². The first-order chi connectivity index (χ1) is 10.2. The van der Waals surface area contributed by atoms with Crippen molar-refractivity contribution >= 4 is 5.82 Å². The quantitative estimate of drug-likeness (QED) is 0.859. The SMILES string of the molecule is CCc1cc(N2CCOC(c3cnn(C)c3)C2)nc(C)n1. The van der Waals surface area contributed by atoms with Gasteiger partial charge >= 0.3 is 0 Å². The Kier molecular flexibility index (Phi) is 3.88. The normalized spacial score (nSPS) is 19.0. The van der Waals surface area contributed by atoms with Crippen LogP contribution in [0, 0.1) is 6.92 Å². The first kappa shape index (κ1) is 14.0. The van der Waals surface area contributed by atoms with E-state index in [9.17, 15) is 0 Å². The summed E-state index contributed by atoms with van der Waals surface area (Å²) in [5, 5.41) is 4.22. The molecule has 0 saturated carbocycles. The minimum atomic E-state index is 0.0489. The topological polar surface area (TPSA) is 56.1 Å². The fourth-order valence-electron chi connectivity index (χ4n) is 2.62. The van der Waals surface area contributed by atoms with Gasteiger partial charge in [0.1, 0.15) is 17.7 Å². The zero-order valence-corrected chi connectivity index (χ0v) is 12.8. The Morgan fingerprint density at radius 1 is 1.38 bits per heavy atom. The highest BCUT2D eigenvalue weighted by Crippen LogP contribution is 2.25. The van der Waals surface area contributed by atoms with Crippen LogP contribution < -0.4 is 4.90 Å². The van der Waals surface area contributed by atoms with Gasteiger partial charge in [0.15, 0.2) is 0 Å². The Labute approximate surface area is 124 Å². The van der Waals surface area contributed by atoms with Gasteiger partial charge in [0.25, 0.3) is 0 Å². The van der Waals surface area contributed by atoms with Crippen molar-refractivity contribution < 1.29 is 4.74 Å². The highest BCUT2D eigenvalue weighted by atomic mass is 16.5. The molecule has 1 saturated heterocycles. The molecule has 0 spiro atoms.